The third kappa shape index (κ3) is 4.35. The molecule has 2 heteroatoms. The predicted octanol–water partition coefficient (Wildman–Crippen LogP) is 3.96. The summed E-state index contributed by atoms with van der Waals surface area (Å²) in [6.45, 7) is 11.5. The molecule has 0 aliphatic heterocycles. The van der Waals surface area contributed by atoms with Crippen LogP contribution in [0.1, 0.15) is 41.5 Å². The molecule has 14 heavy (non-hydrogen) atoms. The molecule has 0 aliphatic carbocycles. The fourth-order valence-electron chi connectivity index (χ4n) is 0.658. The van der Waals surface area contributed by atoms with E-state index in [0.29, 0.717) is 0 Å². The van der Waals surface area contributed by atoms with E-state index in [0.717, 1.165) is 0 Å². The highest BCUT2D eigenvalue weighted by atomic mass is 16.3. The maximum Gasteiger partial charge on any atom is 0.0977 e. The third-order valence-corrected chi connectivity index (χ3v) is 1.94. The van der Waals surface area contributed by atoms with E-state index in [4.69, 9.17) is 0 Å². The van der Waals surface area contributed by atoms with E-state index in [9.17, 15) is 10.2 Å². The first-order valence-electron chi connectivity index (χ1n) is 4.86. The van der Waals surface area contributed by atoms with E-state index in [2.05, 4.69) is 0 Å². The Balaban J connectivity index is 4.73. The molecule has 0 unspecified atom stereocenters. The highest BCUT2D eigenvalue weighted by Crippen LogP contribution is 2.25. The molecule has 0 spiro atoms. The molecular formula is C12H22O2. The van der Waals surface area contributed by atoms with Crippen LogP contribution in [0.2, 0.25) is 0 Å². The first kappa shape index (κ1) is 13.1. The van der Waals surface area contributed by atoms with Crippen LogP contribution in [0.25, 0.3) is 0 Å². The minimum Gasteiger partial charge on any atom is -0.512 e. The molecule has 0 bridgehead atoms. The second-order valence-corrected chi connectivity index (χ2v) is 5.60. The summed E-state index contributed by atoms with van der Waals surface area (Å²) in [5, 5.41) is 19.2. The predicted molar refractivity (Wildman–Crippen MR) is 60.3 cm³/mol. The first-order chi connectivity index (χ1) is 6.05. The van der Waals surface area contributed by atoms with Crippen molar-refractivity contribution in [3.05, 3.63) is 23.7 Å². The van der Waals surface area contributed by atoms with Crippen molar-refractivity contribution in [2.75, 3.05) is 0 Å². The molecule has 0 radical (unpaired) electrons. The average molecular weight is 198 g/mol. The van der Waals surface area contributed by atoms with Gasteiger partial charge in [-0.15, -0.1) is 0 Å². The second kappa shape index (κ2) is 4.07. The van der Waals surface area contributed by atoms with Crippen LogP contribution in [0.15, 0.2) is 23.7 Å². The number of hydrogen-bond donors (Lipinski definition) is 2. The largest absolute Gasteiger partial charge is 0.512 e. The van der Waals surface area contributed by atoms with Crippen LogP contribution in [0, 0.1) is 10.8 Å². The van der Waals surface area contributed by atoms with Gasteiger partial charge < -0.3 is 10.2 Å². The van der Waals surface area contributed by atoms with E-state index in [1.54, 1.807) is 12.2 Å². The summed E-state index contributed by atoms with van der Waals surface area (Å²) in [7, 11) is 0. The third-order valence-electron chi connectivity index (χ3n) is 1.94. The van der Waals surface area contributed by atoms with Crippen LogP contribution in [0.4, 0.5) is 0 Å². The molecule has 0 aromatic rings. The Morgan fingerprint density at radius 3 is 1.07 bits per heavy atom. The van der Waals surface area contributed by atoms with E-state index in [1.807, 2.05) is 41.5 Å². The maximum absolute atomic E-state index is 9.61. The van der Waals surface area contributed by atoms with Crippen molar-refractivity contribution >= 4 is 0 Å². The Hall–Kier alpha value is -0.920. The summed E-state index contributed by atoms with van der Waals surface area (Å²) in [5.74, 6) is 0.543. The molecule has 0 saturated heterocycles. The average Bonchev–Trinajstić information content (AvgIpc) is 1.95. The molecule has 0 aromatic heterocycles. The lowest BCUT2D eigenvalue weighted by Gasteiger charge is -2.18. The van der Waals surface area contributed by atoms with Crippen LogP contribution in [-0.4, -0.2) is 10.2 Å². The smallest absolute Gasteiger partial charge is 0.0977 e. The lowest BCUT2D eigenvalue weighted by Crippen LogP contribution is -2.10. The van der Waals surface area contributed by atoms with Crippen molar-refractivity contribution < 1.29 is 10.2 Å². The van der Waals surface area contributed by atoms with Crippen LogP contribution < -0.4 is 0 Å². The summed E-state index contributed by atoms with van der Waals surface area (Å²) >= 11 is 0. The Morgan fingerprint density at radius 1 is 0.714 bits per heavy atom. The Kier molecular flexibility index (Phi) is 3.81. The number of hydrogen-bond acceptors (Lipinski definition) is 2. The van der Waals surface area contributed by atoms with Gasteiger partial charge in [0.1, 0.15) is 0 Å². The van der Waals surface area contributed by atoms with Crippen molar-refractivity contribution in [1.82, 2.24) is 0 Å². The van der Waals surface area contributed by atoms with Crippen molar-refractivity contribution in [3.63, 3.8) is 0 Å². The molecule has 0 fully saturated rings. The maximum atomic E-state index is 9.61. The Labute approximate surface area is 87.0 Å². The normalized spacial score (nSPS) is 15.9. The molecule has 0 heterocycles. The lowest BCUT2D eigenvalue weighted by atomic mass is 9.91. The van der Waals surface area contributed by atoms with Gasteiger partial charge in [0.2, 0.25) is 0 Å². The standard InChI is InChI=1S/C12H22O2/c1-11(2,3)9(13)7-8-10(14)12(4,5)6/h7-8,13-14H,1-6H3. The highest BCUT2D eigenvalue weighted by Gasteiger charge is 2.17. The van der Waals surface area contributed by atoms with Crippen molar-refractivity contribution in [3.8, 4) is 0 Å². The zero-order chi connectivity index (χ0) is 11.6. The molecule has 2 nitrogen and oxygen atoms in total. The van der Waals surface area contributed by atoms with Crippen molar-refractivity contribution in [1.29, 1.82) is 0 Å². The quantitative estimate of drug-likeness (QED) is 0.494. The number of allylic oxidation sites excluding steroid dienone is 4. The van der Waals surface area contributed by atoms with Gasteiger partial charge in [0.25, 0.3) is 0 Å². The molecule has 0 rings (SSSR count). The molecule has 0 saturated carbocycles. The molecule has 0 atom stereocenters. The minimum absolute atomic E-state index is 0.269. The SMILES string of the molecule is CC(C)(C)C(O)=CC=C(O)C(C)(C)C. The Morgan fingerprint density at radius 2 is 0.929 bits per heavy atom. The number of rotatable bonds is 1. The fraction of sp³-hybridized carbons (Fsp3) is 0.667. The minimum atomic E-state index is -0.269. The van der Waals surface area contributed by atoms with Gasteiger partial charge >= 0.3 is 0 Å². The van der Waals surface area contributed by atoms with E-state index < -0.39 is 0 Å². The summed E-state index contributed by atoms with van der Waals surface area (Å²) in [5.41, 5.74) is -0.538. The summed E-state index contributed by atoms with van der Waals surface area (Å²) in [6, 6.07) is 0. The van der Waals surface area contributed by atoms with Gasteiger partial charge in [-0.25, -0.2) is 0 Å². The van der Waals surface area contributed by atoms with Crippen LogP contribution in [-0.2, 0) is 0 Å². The summed E-state index contributed by atoms with van der Waals surface area (Å²) in [4.78, 5) is 0. The topological polar surface area (TPSA) is 40.5 Å². The van der Waals surface area contributed by atoms with Gasteiger partial charge in [-0.3, -0.25) is 0 Å². The van der Waals surface area contributed by atoms with Crippen molar-refractivity contribution in [2.24, 2.45) is 10.8 Å². The zero-order valence-corrected chi connectivity index (χ0v) is 10.0. The summed E-state index contributed by atoms with van der Waals surface area (Å²) in [6.07, 6.45) is 3.11. The summed E-state index contributed by atoms with van der Waals surface area (Å²) < 4.78 is 0. The van der Waals surface area contributed by atoms with Gasteiger partial charge in [0.05, 0.1) is 11.5 Å². The second-order valence-electron chi connectivity index (χ2n) is 5.60. The molecular weight excluding hydrogens is 176 g/mol. The van der Waals surface area contributed by atoms with E-state index in [-0.39, 0.29) is 22.3 Å². The van der Waals surface area contributed by atoms with E-state index >= 15 is 0 Å². The van der Waals surface area contributed by atoms with Crippen LogP contribution in [0.5, 0.6) is 0 Å². The van der Waals surface area contributed by atoms with Gasteiger partial charge in [-0.2, -0.15) is 0 Å². The number of aliphatic hydroxyl groups is 2. The monoisotopic (exact) mass is 198 g/mol. The molecule has 0 aliphatic rings. The van der Waals surface area contributed by atoms with E-state index in [1.165, 1.54) is 0 Å². The van der Waals surface area contributed by atoms with Gasteiger partial charge in [0.15, 0.2) is 0 Å². The number of aliphatic hydroxyl groups excluding tert-OH is 2. The van der Waals surface area contributed by atoms with Crippen LogP contribution >= 0.6 is 0 Å². The van der Waals surface area contributed by atoms with Crippen molar-refractivity contribution in [2.45, 2.75) is 41.5 Å². The zero-order valence-electron chi connectivity index (χ0n) is 10.0. The van der Waals surface area contributed by atoms with Gasteiger partial charge in [-0.05, 0) is 12.2 Å². The first-order valence-corrected chi connectivity index (χ1v) is 4.86. The van der Waals surface area contributed by atoms with Crippen LogP contribution in [0.3, 0.4) is 0 Å². The highest BCUT2D eigenvalue weighted by molar-refractivity contribution is 5.16. The van der Waals surface area contributed by atoms with Gasteiger partial charge in [-0.1, -0.05) is 41.5 Å². The fourth-order valence-corrected chi connectivity index (χ4v) is 0.658. The molecule has 0 aromatic carbocycles. The molecule has 2 N–H and O–H groups in total. The lowest BCUT2D eigenvalue weighted by molar-refractivity contribution is 0.270. The molecule has 82 valence electrons. The van der Waals surface area contributed by atoms with Gasteiger partial charge in [0, 0.05) is 10.8 Å². The Bertz CT molecular complexity index is 218. The molecule has 0 amide bonds.